The molecular weight excluding hydrogens is 518 g/mol. The standard InChI is InChI=1S/C24H37N3O8SSi/c1-13-10-22(6,7)27-12-15-23(24(27,30)17(13)36(31,32)35-23)16(34-37(8,9)21(3,4)5)19(33-15)26-11-14(2)18(28)25-20(26)29/h11,15-16,19,30H,10,12H2,1-9H3,(H,25,28,29)/t15-,16+,19-,23-,24-/m1/s1. The second-order valence-electron chi connectivity index (χ2n) is 13.0. The first-order chi connectivity index (χ1) is 16.7. The highest BCUT2D eigenvalue weighted by atomic mass is 32.2. The summed E-state index contributed by atoms with van der Waals surface area (Å²) in [5.41, 5.74) is -4.98. The predicted molar refractivity (Wildman–Crippen MR) is 138 cm³/mol. The van der Waals surface area contributed by atoms with Crippen LogP contribution in [0, 0.1) is 6.92 Å². The van der Waals surface area contributed by atoms with Crippen molar-refractivity contribution in [1.82, 2.24) is 14.5 Å². The van der Waals surface area contributed by atoms with Gasteiger partial charge in [0.15, 0.2) is 25.9 Å². The lowest BCUT2D eigenvalue weighted by molar-refractivity contribution is -0.196. The average molecular weight is 556 g/mol. The molecule has 206 valence electrons. The van der Waals surface area contributed by atoms with Crippen LogP contribution < -0.4 is 11.2 Å². The van der Waals surface area contributed by atoms with E-state index < -0.39 is 65.0 Å². The van der Waals surface area contributed by atoms with Gasteiger partial charge in [-0.25, -0.2) is 8.98 Å². The smallest absolute Gasteiger partial charge is 0.330 e. The zero-order chi connectivity index (χ0) is 27.7. The van der Waals surface area contributed by atoms with Crippen molar-refractivity contribution < 1.29 is 26.9 Å². The third kappa shape index (κ3) is 3.31. The van der Waals surface area contributed by atoms with Crippen molar-refractivity contribution in [1.29, 1.82) is 0 Å². The van der Waals surface area contributed by atoms with Crippen LogP contribution in [0.5, 0.6) is 0 Å². The highest BCUT2D eigenvalue weighted by Gasteiger charge is 2.85. The van der Waals surface area contributed by atoms with Gasteiger partial charge in [0.2, 0.25) is 0 Å². The van der Waals surface area contributed by atoms with Gasteiger partial charge in [0.05, 0.1) is 0 Å². The van der Waals surface area contributed by atoms with E-state index in [-0.39, 0.29) is 22.1 Å². The Bertz CT molecular complexity index is 1440. The lowest BCUT2D eigenvalue weighted by atomic mass is 9.78. The first kappa shape index (κ1) is 27.0. The Labute approximate surface area is 217 Å². The Balaban J connectivity index is 1.80. The molecule has 13 heteroatoms. The van der Waals surface area contributed by atoms with Gasteiger partial charge in [-0.15, -0.1) is 0 Å². The maximum atomic E-state index is 13.6. The maximum Gasteiger partial charge on any atom is 0.330 e. The molecule has 0 aromatic carbocycles. The molecule has 1 aromatic rings. The van der Waals surface area contributed by atoms with Crippen LogP contribution in [0.25, 0.3) is 0 Å². The Kier molecular flexibility index (Phi) is 5.48. The number of aromatic amines is 1. The van der Waals surface area contributed by atoms with Crippen molar-refractivity contribution >= 4 is 18.4 Å². The van der Waals surface area contributed by atoms with Crippen LogP contribution in [-0.2, 0) is 23.5 Å². The Morgan fingerprint density at radius 1 is 1.22 bits per heavy atom. The minimum atomic E-state index is -4.36. The van der Waals surface area contributed by atoms with Crippen molar-refractivity contribution in [3.63, 3.8) is 0 Å². The second-order valence-corrected chi connectivity index (χ2v) is 19.2. The van der Waals surface area contributed by atoms with Crippen molar-refractivity contribution in [2.24, 2.45) is 0 Å². The Hall–Kier alpha value is -1.61. The molecular formula is C24H37N3O8SSi. The fraction of sp³-hybridized carbons (Fsp3) is 0.750. The van der Waals surface area contributed by atoms with E-state index in [1.54, 1.807) is 18.7 Å². The van der Waals surface area contributed by atoms with Crippen LogP contribution >= 0.6 is 0 Å². The van der Waals surface area contributed by atoms with Crippen molar-refractivity contribution in [3.8, 4) is 0 Å². The van der Waals surface area contributed by atoms with Crippen LogP contribution in [0.15, 0.2) is 26.3 Å². The van der Waals surface area contributed by atoms with E-state index >= 15 is 0 Å². The molecule has 37 heavy (non-hydrogen) atoms. The van der Waals surface area contributed by atoms with Crippen LogP contribution in [-0.4, -0.2) is 71.9 Å². The van der Waals surface area contributed by atoms with Crippen molar-refractivity contribution in [3.05, 3.63) is 43.1 Å². The molecule has 3 saturated heterocycles. The van der Waals surface area contributed by atoms with Gasteiger partial charge in [-0.05, 0) is 57.8 Å². The van der Waals surface area contributed by atoms with E-state index in [1.807, 2.05) is 47.7 Å². The molecule has 4 aliphatic heterocycles. The van der Waals surface area contributed by atoms with E-state index in [0.29, 0.717) is 12.0 Å². The molecule has 5 rings (SSSR count). The van der Waals surface area contributed by atoms with Gasteiger partial charge in [0.25, 0.3) is 15.7 Å². The van der Waals surface area contributed by atoms with Crippen LogP contribution in [0.4, 0.5) is 0 Å². The summed E-state index contributed by atoms with van der Waals surface area (Å²) in [5, 5.41) is 12.3. The number of H-pyrrole nitrogens is 1. The quantitative estimate of drug-likeness (QED) is 0.421. The number of nitrogens with one attached hydrogen (secondary N) is 1. The van der Waals surface area contributed by atoms with Gasteiger partial charge >= 0.3 is 5.69 Å². The largest absolute Gasteiger partial charge is 0.406 e. The summed E-state index contributed by atoms with van der Waals surface area (Å²) in [7, 11) is -7.02. The predicted octanol–water partition coefficient (Wildman–Crippen LogP) is 1.69. The molecule has 11 nitrogen and oxygen atoms in total. The molecule has 0 amide bonds. The lowest BCUT2D eigenvalue weighted by Crippen LogP contribution is -2.69. The van der Waals surface area contributed by atoms with Crippen LogP contribution in [0.3, 0.4) is 0 Å². The number of rotatable bonds is 3. The van der Waals surface area contributed by atoms with Crippen molar-refractivity contribution in [2.45, 2.75) is 108 Å². The minimum absolute atomic E-state index is 0.167. The normalized spacial score (nSPS) is 36.6. The molecule has 0 aliphatic carbocycles. The van der Waals surface area contributed by atoms with E-state index in [4.69, 9.17) is 13.3 Å². The number of aliphatic hydroxyl groups is 1. The van der Waals surface area contributed by atoms with Gasteiger partial charge in [-0.3, -0.25) is 19.2 Å². The molecule has 3 fully saturated rings. The molecule has 4 aliphatic rings. The Morgan fingerprint density at radius 2 is 1.84 bits per heavy atom. The molecule has 0 bridgehead atoms. The number of hydrogen-bond donors (Lipinski definition) is 2. The third-order valence-electron chi connectivity index (χ3n) is 9.03. The topological polar surface area (TPSA) is 140 Å². The lowest BCUT2D eigenvalue weighted by Gasteiger charge is -2.51. The highest BCUT2D eigenvalue weighted by molar-refractivity contribution is 7.91. The SMILES string of the molecule is CC1=C2[C@]3(O)N(C[C@H]4O[C@@H](n5cc(C)c(=O)[nH]c5=O)[C@H](O[Si](C)(C)C(C)(C)C)[C@]43OS2(=O)=O)C(C)(C)C1. The number of nitrogens with zero attached hydrogens (tertiary/aromatic N) is 2. The number of aromatic nitrogens is 2. The summed E-state index contributed by atoms with van der Waals surface area (Å²) in [6, 6.07) is 0. The van der Waals surface area contributed by atoms with Crippen molar-refractivity contribution in [2.75, 3.05) is 6.54 Å². The molecule has 5 atom stereocenters. The first-order valence-corrected chi connectivity index (χ1v) is 16.8. The van der Waals surface area contributed by atoms with E-state index in [1.165, 1.54) is 10.8 Å². The molecule has 0 unspecified atom stereocenters. The third-order valence-corrected chi connectivity index (χ3v) is 15.1. The molecule has 2 N–H and O–H groups in total. The van der Waals surface area contributed by atoms with E-state index in [2.05, 4.69) is 4.98 Å². The van der Waals surface area contributed by atoms with E-state index in [9.17, 15) is 23.1 Å². The van der Waals surface area contributed by atoms with Crippen LogP contribution in [0.2, 0.25) is 18.1 Å². The second kappa shape index (κ2) is 7.52. The summed E-state index contributed by atoms with van der Waals surface area (Å²) in [4.78, 5) is 29.0. The average Bonchev–Trinajstić information content (AvgIpc) is 3.20. The zero-order valence-electron chi connectivity index (χ0n) is 22.8. The Morgan fingerprint density at radius 3 is 2.43 bits per heavy atom. The summed E-state index contributed by atoms with van der Waals surface area (Å²) >= 11 is 0. The summed E-state index contributed by atoms with van der Waals surface area (Å²) in [6.45, 7) is 17.4. The van der Waals surface area contributed by atoms with Gasteiger partial charge in [0, 0.05) is 23.8 Å². The van der Waals surface area contributed by atoms with E-state index in [0.717, 1.165) is 0 Å². The van der Waals surface area contributed by atoms with Gasteiger partial charge in [-0.2, -0.15) is 8.42 Å². The monoisotopic (exact) mass is 555 g/mol. The summed E-state index contributed by atoms with van der Waals surface area (Å²) in [5.74, 6) is 0. The number of ether oxygens (including phenoxy) is 1. The summed E-state index contributed by atoms with van der Waals surface area (Å²) in [6.07, 6.45) is -1.46. The first-order valence-electron chi connectivity index (χ1n) is 12.5. The zero-order valence-corrected chi connectivity index (χ0v) is 24.6. The minimum Gasteiger partial charge on any atom is -0.406 e. The molecule has 0 saturated carbocycles. The highest BCUT2D eigenvalue weighted by Crippen LogP contribution is 2.66. The molecule has 1 spiro atoms. The fourth-order valence-electron chi connectivity index (χ4n) is 6.35. The van der Waals surface area contributed by atoms with Gasteiger partial charge < -0.3 is 14.3 Å². The molecule has 5 heterocycles. The van der Waals surface area contributed by atoms with Gasteiger partial charge in [0.1, 0.15) is 17.1 Å². The summed E-state index contributed by atoms with van der Waals surface area (Å²) < 4.78 is 47.7. The van der Waals surface area contributed by atoms with Gasteiger partial charge in [-0.1, -0.05) is 20.8 Å². The maximum absolute atomic E-state index is 13.6. The van der Waals surface area contributed by atoms with Crippen LogP contribution in [0.1, 0.15) is 59.8 Å². The molecule has 0 radical (unpaired) electrons. The molecule has 1 aromatic heterocycles. The number of hydrogen-bond acceptors (Lipinski definition) is 9. The fourth-order valence-corrected chi connectivity index (χ4v) is 9.51. The number of aryl methyl sites for hydroxylation is 1.